The van der Waals surface area contributed by atoms with Gasteiger partial charge in [0, 0.05) is 0 Å². The van der Waals surface area contributed by atoms with Crippen LogP contribution in [0.5, 0.6) is 0 Å². The zero-order valence-electron chi connectivity index (χ0n) is 3.93. The number of alkyl halides is 1. The van der Waals surface area contributed by atoms with Crippen molar-refractivity contribution < 1.29 is 15.3 Å². The maximum atomic E-state index is 7.90. The number of hydrogen-bond donors (Lipinski definition) is 4. The van der Waals surface area contributed by atoms with E-state index < -0.39 is 11.9 Å². The van der Waals surface area contributed by atoms with Gasteiger partial charge in [-0.3, -0.25) is 0 Å². The molecule has 0 bridgehead atoms. The lowest BCUT2D eigenvalue weighted by molar-refractivity contribution is -0.116. The average molecular weight is 131 g/mol. The highest BCUT2D eigenvalue weighted by atomic mass is 35.5. The van der Waals surface area contributed by atoms with Crippen LogP contribution >= 0.6 is 11.6 Å². The van der Waals surface area contributed by atoms with E-state index in [0.29, 0.717) is 0 Å². The Morgan fingerprint density at radius 1 is 1.43 bits per heavy atom. The topological polar surface area (TPSA) is 97.2 Å². The van der Waals surface area contributed by atoms with Crippen molar-refractivity contribution in [2.45, 2.75) is 5.25 Å². The van der Waals surface area contributed by atoms with Crippen LogP contribution in [0.25, 0.3) is 0 Å². The molecular weight excluding hydrogens is 121 g/mol. The molecule has 0 unspecified atom stereocenters. The second-order valence-electron chi connectivity index (χ2n) is 0.877. The minimum absolute atomic E-state index is 0. The SMILES string of the molecule is OCC(O)(O)Cl.[NH4+]. The third-order valence-electron chi connectivity index (χ3n) is 0.201. The molecule has 0 atom stereocenters. The number of aliphatic hydroxyl groups excluding tert-OH is 1. The molecule has 0 saturated carbocycles. The Bertz CT molecular complexity index is 42.7. The van der Waals surface area contributed by atoms with E-state index in [4.69, 9.17) is 15.3 Å². The first-order valence-corrected chi connectivity index (χ1v) is 1.68. The Morgan fingerprint density at radius 3 is 1.57 bits per heavy atom. The van der Waals surface area contributed by atoms with E-state index in [2.05, 4.69) is 11.6 Å². The monoisotopic (exact) mass is 130 g/mol. The van der Waals surface area contributed by atoms with Crippen molar-refractivity contribution in [2.75, 3.05) is 6.61 Å². The minimum atomic E-state index is -2.43. The summed E-state index contributed by atoms with van der Waals surface area (Å²) in [6.45, 7) is -0.853. The van der Waals surface area contributed by atoms with Gasteiger partial charge in [0.15, 0.2) is 0 Å². The lowest BCUT2D eigenvalue weighted by Crippen LogP contribution is -2.23. The first-order chi connectivity index (χ1) is 2.56. The summed E-state index contributed by atoms with van der Waals surface area (Å²) < 4.78 is 0. The molecule has 4 nitrogen and oxygen atoms in total. The molecule has 0 aromatic carbocycles. The van der Waals surface area contributed by atoms with Crippen molar-refractivity contribution >= 4 is 11.6 Å². The number of aliphatic hydroxyl groups is 3. The molecule has 0 radical (unpaired) electrons. The van der Waals surface area contributed by atoms with Crippen LogP contribution in [0, 0.1) is 0 Å². The Hall–Kier alpha value is 0.130. The zero-order valence-corrected chi connectivity index (χ0v) is 4.68. The number of halogens is 1. The zero-order chi connectivity index (χ0) is 5.21. The molecule has 0 aromatic heterocycles. The van der Waals surface area contributed by atoms with Gasteiger partial charge < -0.3 is 21.5 Å². The Morgan fingerprint density at radius 2 is 1.57 bits per heavy atom. The van der Waals surface area contributed by atoms with Crippen LogP contribution < -0.4 is 6.15 Å². The highest BCUT2D eigenvalue weighted by Gasteiger charge is 2.14. The summed E-state index contributed by atoms with van der Waals surface area (Å²) in [7, 11) is 0. The number of rotatable bonds is 1. The summed E-state index contributed by atoms with van der Waals surface area (Å²) in [5.74, 6) is 0. The summed E-state index contributed by atoms with van der Waals surface area (Å²) in [5, 5.41) is 21.1. The molecule has 0 fully saturated rings. The quantitative estimate of drug-likeness (QED) is 0.277. The van der Waals surface area contributed by atoms with Gasteiger partial charge >= 0.3 is 0 Å². The van der Waals surface area contributed by atoms with Gasteiger partial charge in [0.05, 0.1) is 0 Å². The van der Waals surface area contributed by atoms with Gasteiger partial charge in [-0.15, -0.1) is 0 Å². The van der Waals surface area contributed by atoms with Gasteiger partial charge in [0.1, 0.15) is 6.61 Å². The number of hydrogen-bond acceptors (Lipinski definition) is 3. The summed E-state index contributed by atoms with van der Waals surface area (Å²) >= 11 is 4.58. The fourth-order valence-electron chi connectivity index (χ4n) is 0. The molecule has 0 aliphatic heterocycles. The predicted molar refractivity (Wildman–Crippen MR) is 26.1 cm³/mol. The highest BCUT2D eigenvalue weighted by molar-refractivity contribution is 6.21. The Kier molecular flexibility index (Phi) is 4.62. The van der Waals surface area contributed by atoms with Crippen molar-refractivity contribution in [3.05, 3.63) is 0 Å². The van der Waals surface area contributed by atoms with Gasteiger partial charge in [-0.05, 0) is 0 Å². The molecule has 0 aliphatic rings. The van der Waals surface area contributed by atoms with Crippen molar-refractivity contribution in [3.63, 3.8) is 0 Å². The van der Waals surface area contributed by atoms with E-state index in [1.165, 1.54) is 0 Å². The molecule has 0 amide bonds. The fraction of sp³-hybridized carbons (Fsp3) is 1.00. The van der Waals surface area contributed by atoms with Crippen molar-refractivity contribution in [1.82, 2.24) is 6.15 Å². The van der Waals surface area contributed by atoms with Crippen molar-refractivity contribution in [1.29, 1.82) is 0 Å². The molecule has 46 valence electrons. The van der Waals surface area contributed by atoms with Gasteiger partial charge in [0.25, 0.3) is 5.25 Å². The second-order valence-corrected chi connectivity index (χ2v) is 1.48. The van der Waals surface area contributed by atoms with Crippen molar-refractivity contribution in [3.8, 4) is 0 Å². The lowest BCUT2D eigenvalue weighted by Gasteiger charge is -2.05. The third-order valence-corrected chi connectivity index (χ3v) is 0.321. The predicted octanol–water partition coefficient (Wildman–Crippen LogP) is -0.768. The minimum Gasteiger partial charge on any atom is -0.389 e. The molecule has 0 heterocycles. The van der Waals surface area contributed by atoms with Crippen LogP contribution in [-0.4, -0.2) is 27.2 Å². The van der Waals surface area contributed by atoms with Gasteiger partial charge in [0.2, 0.25) is 0 Å². The van der Waals surface area contributed by atoms with Crippen LogP contribution in [-0.2, 0) is 0 Å². The maximum Gasteiger partial charge on any atom is 0.267 e. The second kappa shape index (κ2) is 3.17. The van der Waals surface area contributed by atoms with Gasteiger partial charge in [-0.1, -0.05) is 11.6 Å². The Balaban J connectivity index is 0. The lowest BCUT2D eigenvalue weighted by atomic mass is 10.7. The molecular formula is C2H9ClNO3+. The summed E-state index contributed by atoms with van der Waals surface area (Å²) in [5.41, 5.74) is 0. The van der Waals surface area contributed by atoms with Gasteiger partial charge in [-0.2, -0.15) is 0 Å². The van der Waals surface area contributed by atoms with E-state index in [1.54, 1.807) is 0 Å². The molecule has 0 aromatic rings. The van der Waals surface area contributed by atoms with Gasteiger partial charge in [-0.25, -0.2) is 0 Å². The molecule has 0 saturated heterocycles. The summed E-state index contributed by atoms with van der Waals surface area (Å²) in [6.07, 6.45) is 0. The van der Waals surface area contributed by atoms with E-state index in [1.807, 2.05) is 0 Å². The van der Waals surface area contributed by atoms with Crippen LogP contribution in [0.3, 0.4) is 0 Å². The molecule has 7 heavy (non-hydrogen) atoms. The Labute approximate surface area is 45.9 Å². The third kappa shape index (κ3) is 10.7. The largest absolute Gasteiger partial charge is 0.389 e. The first kappa shape index (κ1) is 10.2. The highest BCUT2D eigenvalue weighted by Crippen LogP contribution is 2.00. The van der Waals surface area contributed by atoms with E-state index in [9.17, 15) is 0 Å². The number of quaternary nitrogens is 1. The standard InChI is InChI=1S/C2H5ClO3.H3N/c3-2(5,6)1-4;/h4-6H,1H2;1H3/p+1. The average Bonchev–Trinajstić information content (AvgIpc) is 1.35. The summed E-state index contributed by atoms with van der Waals surface area (Å²) in [6, 6.07) is 0. The van der Waals surface area contributed by atoms with Crippen LogP contribution in [0.4, 0.5) is 0 Å². The van der Waals surface area contributed by atoms with E-state index >= 15 is 0 Å². The maximum absolute atomic E-state index is 7.90. The van der Waals surface area contributed by atoms with E-state index in [0.717, 1.165) is 0 Å². The fourth-order valence-corrected chi connectivity index (χ4v) is 0. The van der Waals surface area contributed by atoms with Crippen LogP contribution in [0.15, 0.2) is 0 Å². The van der Waals surface area contributed by atoms with Crippen LogP contribution in [0.1, 0.15) is 0 Å². The molecule has 0 aliphatic carbocycles. The molecule has 5 heteroatoms. The van der Waals surface area contributed by atoms with Crippen LogP contribution in [0.2, 0.25) is 0 Å². The molecule has 7 N–H and O–H groups in total. The smallest absolute Gasteiger partial charge is 0.267 e. The summed E-state index contributed by atoms with van der Waals surface area (Å²) in [4.78, 5) is 0. The van der Waals surface area contributed by atoms with E-state index in [-0.39, 0.29) is 6.15 Å². The normalized spacial score (nSPS) is 10.3. The van der Waals surface area contributed by atoms with Crippen molar-refractivity contribution in [2.24, 2.45) is 0 Å². The first-order valence-electron chi connectivity index (χ1n) is 1.31. The molecule has 0 spiro atoms. The molecule has 0 rings (SSSR count).